The number of hydrogen-bond acceptors (Lipinski definition) is 5. The molecular weight excluding hydrogens is 394 g/mol. The van der Waals surface area contributed by atoms with Crippen molar-refractivity contribution in [2.75, 3.05) is 36.4 Å². The molecule has 0 saturated carbocycles. The van der Waals surface area contributed by atoms with Gasteiger partial charge in [-0.3, -0.25) is 14.4 Å². The Hall–Kier alpha value is -3.06. The highest BCUT2D eigenvalue weighted by Crippen LogP contribution is 2.29. The summed E-state index contributed by atoms with van der Waals surface area (Å²) in [4.78, 5) is 40.2. The fraction of sp³-hybridized carbons (Fsp3) is 0.286. The average Bonchev–Trinajstić information content (AvgIpc) is 2.91. The number of anilines is 2. The molecule has 150 valence electrons. The quantitative estimate of drug-likeness (QED) is 0.465. The van der Waals surface area contributed by atoms with Crippen LogP contribution < -0.4 is 15.0 Å². The number of ether oxygens (including phenoxy) is 1. The molecule has 2 aromatic rings. The van der Waals surface area contributed by atoms with E-state index in [4.69, 9.17) is 16.3 Å². The number of fused-ring (bicyclic) bond motifs is 1. The first-order valence-corrected chi connectivity index (χ1v) is 9.82. The summed E-state index contributed by atoms with van der Waals surface area (Å²) in [6.07, 6.45) is 0.983. The second kappa shape index (κ2) is 8.13. The molecule has 7 nitrogen and oxygen atoms in total. The van der Waals surface area contributed by atoms with Gasteiger partial charge in [0, 0.05) is 54.2 Å². The molecule has 0 spiro atoms. The summed E-state index contributed by atoms with van der Waals surface area (Å²) in [5.74, 6) is -1.17. The first-order chi connectivity index (χ1) is 14.0. The molecule has 0 unspecified atom stereocenters. The summed E-state index contributed by atoms with van der Waals surface area (Å²) >= 11 is 5.95. The van der Waals surface area contributed by atoms with E-state index in [-0.39, 0.29) is 12.4 Å². The number of nitrogens with zero attached hydrogens (tertiary/aromatic N) is 2. The molecule has 2 aliphatic rings. The van der Waals surface area contributed by atoms with E-state index >= 15 is 0 Å². The minimum atomic E-state index is -0.700. The molecule has 0 radical (unpaired) electrons. The molecule has 2 aliphatic heterocycles. The summed E-state index contributed by atoms with van der Waals surface area (Å²) in [5, 5.41) is 3.28. The zero-order chi connectivity index (χ0) is 20.4. The third-order valence-corrected chi connectivity index (χ3v) is 5.30. The van der Waals surface area contributed by atoms with Crippen molar-refractivity contribution in [1.29, 1.82) is 0 Å². The van der Waals surface area contributed by atoms with Gasteiger partial charge in [0.1, 0.15) is 5.75 Å². The van der Waals surface area contributed by atoms with Crippen LogP contribution >= 0.6 is 11.6 Å². The van der Waals surface area contributed by atoms with Gasteiger partial charge in [-0.2, -0.15) is 0 Å². The number of nitrogens with one attached hydrogen (secondary N) is 1. The van der Waals surface area contributed by atoms with Crippen LogP contribution in [-0.2, 0) is 20.8 Å². The van der Waals surface area contributed by atoms with Gasteiger partial charge in [-0.25, -0.2) is 0 Å². The molecule has 2 heterocycles. The number of esters is 1. The number of halogens is 1. The Labute approximate surface area is 173 Å². The van der Waals surface area contributed by atoms with Crippen LogP contribution in [0.3, 0.4) is 0 Å². The summed E-state index contributed by atoms with van der Waals surface area (Å²) in [7, 11) is 0. The largest absolute Gasteiger partial charge is 0.426 e. The van der Waals surface area contributed by atoms with E-state index in [1.165, 1.54) is 0 Å². The number of hydrogen-bond donors (Lipinski definition) is 1. The molecule has 29 heavy (non-hydrogen) atoms. The zero-order valence-corrected chi connectivity index (χ0v) is 16.4. The Bertz CT molecular complexity index is 961. The van der Waals surface area contributed by atoms with Crippen LogP contribution in [0.25, 0.3) is 0 Å². The zero-order valence-electron chi connectivity index (χ0n) is 15.7. The molecule has 0 bridgehead atoms. The van der Waals surface area contributed by atoms with Crippen LogP contribution in [-0.4, -0.2) is 48.9 Å². The molecule has 1 saturated heterocycles. The SMILES string of the molecule is O=C1Cc2ccc(NC(=O)C(=O)N3CCCN(c4ccc(Cl)cc4)CC3)cc2O1. The lowest BCUT2D eigenvalue weighted by Gasteiger charge is -2.23. The van der Waals surface area contributed by atoms with Gasteiger partial charge in [0.2, 0.25) is 0 Å². The van der Waals surface area contributed by atoms with Gasteiger partial charge < -0.3 is 19.9 Å². The number of carbonyl (C=O) groups is 3. The van der Waals surface area contributed by atoms with Crippen LogP contribution in [0, 0.1) is 0 Å². The fourth-order valence-corrected chi connectivity index (χ4v) is 3.67. The lowest BCUT2D eigenvalue weighted by Crippen LogP contribution is -2.41. The van der Waals surface area contributed by atoms with Crippen molar-refractivity contribution < 1.29 is 19.1 Å². The van der Waals surface area contributed by atoms with Gasteiger partial charge in [0.05, 0.1) is 6.42 Å². The van der Waals surface area contributed by atoms with Crippen molar-refractivity contribution in [1.82, 2.24) is 4.90 Å². The van der Waals surface area contributed by atoms with Crippen molar-refractivity contribution >= 4 is 40.8 Å². The first kappa shape index (κ1) is 19.3. The topological polar surface area (TPSA) is 79.0 Å². The smallest absolute Gasteiger partial charge is 0.315 e. The molecule has 4 rings (SSSR count). The van der Waals surface area contributed by atoms with E-state index in [1.54, 1.807) is 23.1 Å². The second-order valence-electron chi connectivity index (χ2n) is 7.04. The summed E-state index contributed by atoms with van der Waals surface area (Å²) < 4.78 is 5.08. The average molecular weight is 414 g/mol. The van der Waals surface area contributed by atoms with Gasteiger partial charge in [-0.05, 0) is 36.8 Å². The molecule has 1 fully saturated rings. The number of amides is 2. The Kier molecular flexibility index (Phi) is 5.40. The van der Waals surface area contributed by atoms with Gasteiger partial charge >= 0.3 is 17.8 Å². The Balaban J connectivity index is 1.36. The number of carbonyl (C=O) groups excluding carboxylic acids is 3. The van der Waals surface area contributed by atoms with E-state index in [9.17, 15) is 14.4 Å². The minimum Gasteiger partial charge on any atom is -0.426 e. The molecule has 2 aromatic carbocycles. The van der Waals surface area contributed by atoms with Gasteiger partial charge in [-0.15, -0.1) is 0 Å². The first-order valence-electron chi connectivity index (χ1n) is 9.44. The molecule has 0 aliphatic carbocycles. The highest BCUT2D eigenvalue weighted by molar-refractivity contribution is 6.39. The van der Waals surface area contributed by atoms with E-state index in [0.717, 1.165) is 24.2 Å². The highest BCUT2D eigenvalue weighted by Gasteiger charge is 2.26. The standard InChI is InChI=1S/C21H20ClN3O4/c22-15-3-6-17(7-4-15)24-8-1-9-25(11-10-24)21(28)20(27)23-16-5-2-14-12-19(26)29-18(14)13-16/h2-7,13H,1,8-12H2,(H,23,27). The van der Waals surface area contributed by atoms with Crippen LogP contribution in [0.5, 0.6) is 5.75 Å². The predicted molar refractivity (Wildman–Crippen MR) is 109 cm³/mol. The molecule has 0 aromatic heterocycles. The number of benzene rings is 2. The van der Waals surface area contributed by atoms with E-state index < -0.39 is 11.8 Å². The maximum absolute atomic E-state index is 12.6. The van der Waals surface area contributed by atoms with E-state index in [0.29, 0.717) is 36.1 Å². The van der Waals surface area contributed by atoms with Crippen LogP contribution in [0.1, 0.15) is 12.0 Å². The van der Waals surface area contributed by atoms with Crippen molar-refractivity contribution in [3.05, 3.63) is 53.1 Å². The number of rotatable bonds is 2. The normalized spacial score (nSPS) is 16.1. The lowest BCUT2D eigenvalue weighted by atomic mass is 10.1. The monoisotopic (exact) mass is 413 g/mol. The van der Waals surface area contributed by atoms with E-state index in [1.807, 2.05) is 24.3 Å². The minimum absolute atomic E-state index is 0.223. The second-order valence-corrected chi connectivity index (χ2v) is 7.47. The molecule has 1 N–H and O–H groups in total. The summed E-state index contributed by atoms with van der Waals surface area (Å²) in [6, 6.07) is 12.5. The molecule has 0 atom stereocenters. The third kappa shape index (κ3) is 4.35. The van der Waals surface area contributed by atoms with Crippen molar-refractivity contribution in [2.24, 2.45) is 0 Å². The van der Waals surface area contributed by atoms with Crippen LogP contribution in [0.4, 0.5) is 11.4 Å². The Morgan fingerprint density at radius 1 is 1.00 bits per heavy atom. The fourth-order valence-electron chi connectivity index (χ4n) is 3.55. The van der Waals surface area contributed by atoms with Crippen molar-refractivity contribution in [3.63, 3.8) is 0 Å². The Morgan fingerprint density at radius 3 is 2.59 bits per heavy atom. The van der Waals surface area contributed by atoms with Gasteiger partial charge in [0.25, 0.3) is 0 Å². The van der Waals surface area contributed by atoms with Crippen molar-refractivity contribution in [2.45, 2.75) is 12.8 Å². The van der Waals surface area contributed by atoms with Gasteiger partial charge in [0.15, 0.2) is 0 Å². The summed E-state index contributed by atoms with van der Waals surface area (Å²) in [5.41, 5.74) is 2.24. The van der Waals surface area contributed by atoms with Crippen molar-refractivity contribution in [3.8, 4) is 5.75 Å². The molecular formula is C21H20ClN3O4. The van der Waals surface area contributed by atoms with E-state index in [2.05, 4.69) is 10.2 Å². The molecule has 2 amide bonds. The maximum atomic E-state index is 12.6. The predicted octanol–water partition coefficient (Wildman–Crippen LogP) is 2.48. The third-order valence-electron chi connectivity index (χ3n) is 5.05. The van der Waals surface area contributed by atoms with Gasteiger partial charge in [-0.1, -0.05) is 17.7 Å². The Morgan fingerprint density at radius 2 is 1.79 bits per heavy atom. The van der Waals surface area contributed by atoms with Crippen LogP contribution in [0.2, 0.25) is 5.02 Å². The lowest BCUT2D eigenvalue weighted by molar-refractivity contribution is -0.143. The maximum Gasteiger partial charge on any atom is 0.315 e. The van der Waals surface area contributed by atoms with Crippen LogP contribution in [0.15, 0.2) is 42.5 Å². The highest BCUT2D eigenvalue weighted by atomic mass is 35.5. The summed E-state index contributed by atoms with van der Waals surface area (Å²) in [6.45, 7) is 2.40. The molecule has 8 heteroatoms.